The number of Topliss-reactive ketones (excluding diaryl/α,β-unsaturated/α-hetero) is 1. The van der Waals surface area contributed by atoms with Gasteiger partial charge in [-0.25, -0.2) is 9.37 Å². The first-order valence-electron chi connectivity index (χ1n) is 5.56. The largest absolute Gasteiger partial charge is 0.436 e. The van der Waals surface area contributed by atoms with Gasteiger partial charge in [-0.1, -0.05) is 0 Å². The first-order chi connectivity index (χ1) is 9.47. The third kappa shape index (κ3) is 2.94. The highest BCUT2D eigenvalue weighted by molar-refractivity contribution is 5.94. The van der Waals surface area contributed by atoms with E-state index in [1.165, 1.54) is 25.3 Å². The van der Waals surface area contributed by atoms with E-state index in [-0.39, 0.29) is 23.1 Å². The molecule has 0 fully saturated rings. The lowest BCUT2D eigenvalue weighted by Gasteiger charge is -2.06. The second-order valence-corrected chi connectivity index (χ2v) is 3.91. The summed E-state index contributed by atoms with van der Waals surface area (Å²) in [5.41, 5.74) is -0.00221. The van der Waals surface area contributed by atoms with Crippen LogP contribution in [-0.4, -0.2) is 15.7 Å². The number of nitro groups is 1. The van der Waals surface area contributed by atoms with Gasteiger partial charge < -0.3 is 4.74 Å². The minimum absolute atomic E-state index is 0.0328. The lowest BCUT2D eigenvalue weighted by atomic mass is 10.2. The average molecular weight is 276 g/mol. The van der Waals surface area contributed by atoms with E-state index in [0.29, 0.717) is 5.56 Å². The Morgan fingerprint density at radius 3 is 2.70 bits per heavy atom. The Morgan fingerprint density at radius 2 is 2.10 bits per heavy atom. The zero-order valence-electron chi connectivity index (χ0n) is 10.4. The second kappa shape index (κ2) is 5.43. The van der Waals surface area contributed by atoms with Crippen molar-refractivity contribution in [3.05, 3.63) is 58.0 Å². The monoisotopic (exact) mass is 276 g/mol. The van der Waals surface area contributed by atoms with Crippen molar-refractivity contribution >= 4 is 11.5 Å². The first kappa shape index (κ1) is 13.6. The van der Waals surface area contributed by atoms with E-state index in [0.717, 1.165) is 18.2 Å². The molecule has 0 spiro atoms. The van der Waals surface area contributed by atoms with Crippen molar-refractivity contribution in [2.45, 2.75) is 6.92 Å². The molecule has 0 aliphatic carbocycles. The van der Waals surface area contributed by atoms with Crippen LogP contribution in [0.15, 0.2) is 36.5 Å². The number of pyridine rings is 1. The van der Waals surface area contributed by atoms with Gasteiger partial charge in [0.1, 0.15) is 0 Å². The Bertz CT molecular complexity index is 688. The lowest BCUT2D eigenvalue weighted by Crippen LogP contribution is -1.96. The number of carbonyl (C=O) groups is 1. The Balaban J connectivity index is 2.28. The number of hydrogen-bond acceptors (Lipinski definition) is 5. The van der Waals surface area contributed by atoms with E-state index in [9.17, 15) is 19.3 Å². The highest BCUT2D eigenvalue weighted by Crippen LogP contribution is 2.26. The zero-order valence-corrected chi connectivity index (χ0v) is 10.4. The highest BCUT2D eigenvalue weighted by Gasteiger charge is 2.13. The smallest absolute Gasteiger partial charge is 0.272 e. The Morgan fingerprint density at radius 1 is 1.35 bits per heavy atom. The molecule has 0 N–H and O–H groups in total. The summed E-state index contributed by atoms with van der Waals surface area (Å²) in [7, 11) is 0. The van der Waals surface area contributed by atoms with Gasteiger partial charge in [0.05, 0.1) is 11.0 Å². The number of nitro benzene ring substituents is 1. The van der Waals surface area contributed by atoms with Crippen molar-refractivity contribution in [2.24, 2.45) is 0 Å². The molecule has 0 radical (unpaired) electrons. The number of aromatic nitrogens is 1. The molecule has 0 aliphatic rings. The maximum absolute atomic E-state index is 13.6. The number of rotatable bonds is 4. The summed E-state index contributed by atoms with van der Waals surface area (Å²) >= 11 is 0. The van der Waals surface area contributed by atoms with Gasteiger partial charge in [-0.15, -0.1) is 0 Å². The van der Waals surface area contributed by atoms with Gasteiger partial charge in [0.2, 0.25) is 5.88 Å². The predicted molar refractivity (Wildman–Crippen MR) is 67.4 cm³/mol. The van der Waals surface area contributed by atoms with Gasteiger partial charge in [-0.05, 0) is 19.1 Å². The molecular weight excluding hydrogens is 267 g/mol. The molecule has 0 unspecified atom stereocenters. The maximum atomic E-state index is 13.6. The third-order valence-electron chi connectivity index (χ3n) is 2.48. The molecule has 1 aromatic heterocycles. The number of hydrogen-bond donors (Lipinski definition) is 0. The minimum atomic E-state index is -0.880. The van der Waals surface area contributed by atoms with Gasteiger partial charge >= 0.3 is 0 Å². The molecule has 0 aliphatic heterocycles. The maximum Gasteiger partial charge on any atom is 0.272 e. The molecular formula is C13H9FN2O4. The normalized spacial score (nSPS) is 10.1. The fourth-order valence-electron chi connectivity index (χ4n) is 1.48. The number of nitrogens with zero attached hydrogens (tertiary/aromatic N) is 2. The topological polar surface area (TPSA) is 82.3 Å². The summed E-state index contributed by atoms with van der Waals surface area (Å²) in [4.78, 5) is 24.8. The van der Waals surface area contributed by atoms with Gasteiger partial charge in [0.15, 0.2) is 17.3 Å². The Hall–Kier alpha value is -2.83. The number of halogens is 1. The van der Waals surface area contributed by atoms with E-state index in [2.05, 4.69) is 4.98 Å². The summed E-state index contributed by atoms with van der Waals surface area (Å²) in [5.74, 6) is -1.23. The van der Waals surface area contributed by atoms with Crippen molar-refractivity contribution in [2.75, 3.05) is 0 Å². The molecule has 0 amide bonds. The lowest BCUT2D eigenvalue weighted by molar-refractivity contribution is -0.385. The molecule has 1 heterocycles. The van der Waals surface area contributed by atoms with Crippen LogP contribution in [0.5, 0.6) is 11.6 Å². The van der Waals surface area contributed by atoms with Crippen molar-refractivity contribution in [1.29, 1.82) is 0 Å². The molecule has 6 nitrogen and oxygen atoms in total. The van der Waals surface area contributed by atoms with Crippen LogP contribution in [0.3, 0.4) is 0 Å². The van der Waals surface area contributed by atoms with E-state index in [1.807, 2.05) is 0 Å². The summed E-state index contributed by atoms with van der Waals surface area (Å²) in [6.45, 7) is 1.38. The van der Waals surface area contributed by atoms with Crippen LogP contribution in [0.25, 0.3) is 0 Å². The number of carbonyl (C=O) groups excluding carboxylic acids is 1. The third-order valence-corrected chi connectivity index (χ3v) is 2.48. The van der Waals surface area contributed by atoms with Crippen LogP contribution in [-0.2, 0) is 0 Å². The highest BCUT2D eigenvalue weighted by atomic mass is 19.1. The molecule has 2 rings (SSSR count). The number of ether oxygens (including phenoxy) is 1. The molecule has 0 atom stereocenters. The van der Waals surface area contributed by atoms with Crippen molar-refractivity contribution in [3.8, 4) is 11.6 Å². The zero-order chi connectivity index (χ0) is 14.7. The van der Waals surface area contributed by atoms with Crippen LogP contribution in [0.1, 0.15) is 17.3 Å². The molecule has 0 bridgehead atoms. The molecule has 1 aromatic carbocycles. The van der Waals surface area contributed by atoms with Gasteiger partial charge in [-0.2, -0.15) is 0 Å². The number of non-ortho nitro benzene ring substituents is 1. The Labute approximate surface area is 113 Å². The van der Waals surface area contributed by atoms with Crippen LogP contribution in [0.4, 0.5) is 10.1 Å². The minimum Gasteiger partial charge on any atom is -0.436 e. The Kier molecular flexibility index (Phi) is 3.69. The predicted octanol–water partition coefficient (Wildman–Crippen LogP) is 3.12. The molecule has 0 saturated heterocycles. The number of benzene rings is 1. The summed E-state index contributed by atoms with van der Waals surface area (Å²) < 4.78 is 18.8. The SMILES string of the molecule is CC(=O)c1ccnc(Oc2ccc([N+](=O)[O-])cc2F)c1. The molecule has 20 heavy (non-hydrogen) atoms. The van der Waals surface area contributed by atoms with E-state index < -0.39 is 10.7 Å². The summed E-state index contributed by atoms with van der Waals surface area (Å²) in [5, 5.41) is 10.5. The van der Waals surface area contributed by atoms with Crippen molar-refractivity contribution < 1.29 is 18.8 Å². The van der Waals surface area contributed by atoms with E-state index >= 15 is 0 Å². The fourth-order valence-corrected chi connectivity index (χ4v) is 1.48. The summed E-state index contributed by atoms with van der Waals surface area (Å²) in [6.07, 6.45) is 1.36. The molecule has 0 saturated carbocycles. The standard InChI is InChI=1S/C13H9FN2O4/c1-8(17)9-4-5-15-13(6-9)20-12-3-2-10(16(18)19)7-11(12)14/h2-7H,1H3. The summed E-state index contributed by atoms with van der Waals surface area (Å²) in [6, 6.07) is 5.87. The fraction of sp³-hybridized carbons (Fsp3) is 0.0769. The second-order valence-electron chi connectivity index (χ2n) is 3.91. The van der Waals surface area contributed by atoms with Gasteiger partial charge in [0, 0.05) is 23.9 Å². The first-order valence-corrected chi connectivity index (χ1v) is 5.56. The van der Waals surface area contributed by atoms with Gasteiger partial charge in [0.25, 0.3) is 5.69 Å². The van der Waals surface area contributed by atoms with Crippen LogP contribution in [0, 0.1) is 15.9 Å². The van der Waals surface area contributed by atoms with Crippen molar-refractivity contribution in [3.63, 3.8) is 0 Å². The molecule has 7 heteroatoms. The van der Waals surface area contributed by atoms with E-state index in [4.69, 9.17) is 4.74 Å². The molecule has 102 valence electrons. The average Bonchev–Trinajstić information content (AvgIpc) is 2.41. The molecule has 2 aromatic rings. The van der Waals surface area contributed by atoms with Crippen LogP contribution >= 0.6 is 0 Å². The van der Waals surface area contributed by atoms with Gasteiger partial charge in [-0.3, -0.25) is 14.9 Å². The van der Waals surface area contributed by atoms with Crippen LogP contribution in [0.2, 0.25) is 0 Å². The van der Waals surface area contributed by atoms with Crippen LogP contribution < -0.4 is 4.74 Å². The number of ketones is 1. The quantitative estimate of drug-likeness (QED) is 0.486. The van der Waals surface area contributed by atoms with E-state index in [1.54, 1.807) is 0 Å². The van der Waals surface area contributed by atoms with Crippen molar-refractivity contribution in [1.82, 2.24) is 4.98 Å².